The van der Waals surface area contributed by atoms with Gasteiger partial charge in [-0.25, -0.2) is 4.79 Å². The molecule has 138 valence electrons. The maximum absolute atomic E-state index is 12.6. The van der Waals surface area contributed by atoms with Crippen molar-refractivity contribution in [2.24, 2.45) is 0 Å². The van der Waals surface area contributed by atoms with Gasteiger partial charge >= 0.3 is 6.09 Å². The predicted octanol–water partition coefficient (Wildman–Crippen LogP) is 0.651. The molecule has 0 radical (unpaired) electrons. The molecule has 8 nitrogen and oxygen atoms in total. The first-order chi connectivity index (χ1) is 12.2. The van der Waals surface area contributed by atoms with Crippen molar-refractivity contribution in [2.45, 2.75) is 32.2 Å². The lowest BCUT2D eigenvalue weighted by Gasteiger charge is -2.34. The van der Waals surface area contributed by atoms with Crippen molar-refractivity contribution in [3.05, 3.63) is 18.0 Å². The average Bonchev–Trinajstić information content (AvgIpc) is 3.11. The third-order valence-electron chi connectivity index (χ3n) is 4.91. The number of hydrogen-bond acceptors (Lipinski definition) is 5. The van der Waals surface area contributed by atoms with Crippen molar-refractivity contribution in [3.8, 4) is 0 Å². The molecule has 1 atom stereocenters. The lowest BCUT2D eigenvalue weighted by molar-refractivity contribution is -0.133. The summed E-state index contributed by atoms with van der Waals surface area (Å²) in [4.78, 5) is 27.8. The fourth-order valence-electron chi connectivity index (χ4n) is 3.51. The van der Waals surface area contributed by atoms with E-state index in [-0.39, 0.29) is 18.5 Å². The Balaban J connectivity index is 1.53. The fraction of sp³-hybridized carbons (Fsp3) is 0.706. The van der Waals surface area contributed by atoms with Crippen molar-refractivity contribution in [3.63, 3.8) is 0 Å². The molecule has 2 amide bonds. The van der Waals surface area contributed by atoms with Crippen molar-refractivity contribution in [1.82, 2.24) is 24.9 Å². The summed E-state index contributed by atoms with van der Waals surface area (Å²) in [7, 11) is 0. The third-order valence-corrected chi connectivity index (χ3v) is 4.91. The van der Waals surface area contributed by atoms with Gasteiger partial charge in [0.05, 0.1) is 6.61 Å². The van der Waals surface area contributed by atoms with Crippen LogP contribution in [0.15, 0.2) is 12.3 Å². The van der Waals surface area contributed by atoms with Crippen molar-refractivity contribution in [2.75, 3.05) is 45.9 Å². The highest BCUT2D eigenvalue weighted by Crippen LogP contribution is 2.22. The average molecular weight is 349 g/mol. The van der Waals surface area contributed by atoms with Crippen LogP contribution in [0.1, 0.15) is 31.4 Å². The zero-order valence-corrected chi connectivity index (χ0v) is 14.8. The summed E-state index contributed by atoms with van der Waals surface area (Å²) in [5, 5.41) is 7.76. The molecular formula is C17H27N5O3. The molecule has 2 fully saturated rings. The highest BCUT2D eigenvalue weighted by atomic mass is 16.6. The first-order valence-corrected chi connectivity index (χ1v) is 9.11. The van der Waals surface area contributed by atoms with Gasteiger partial charge < -0.3 is 19.9 Å². The molecule has 2 aliphatic rings. The molecule has 3 rings (SSSR count). The summed E-state index contributed by atoms with van der Waals surface area (Å²) in [5.74, 6) is 0.474. The van der Waals surface area contributed by atoms with Crippen LogP contribution in [-0.2, 0) is 16.1 Å². The zero-order chi connectivity index (χ0) is 17.6. The van der Waals surface area contributed by atoms with E-state index < -0.39 is 0 Å². The second-order valence-electron chi connectivity index (χ2n) is 6.52. The normalized spacial score (nSPS) is 21.2. The minimum Gasteiger partial charge on any atom is -0.450 e. The first-order valence-electron chi connectivity index (χ1n) is 9.11. The Morgan fingerprint density at radius 3 is 2.72 bits per heavy atom. The fourth-order valence-corrected chi connectivity index (χ4v) is 3.51. The van der Waals surface area contributed by atoms with Crippen molar-refractivity contribution >= 4 is 12.0 Å². The molecule has 0 saturated carbocycles. The molecule has 1 N–H and O–H groups in total. The highest BCUT2D eigenvalue weighted by molar-refractivity contribution is 5.76. The van der Waals surface area contributed by atoms with Crippen LogP contribution in [0.3, 0.4) is 0 Å². The molecule has 8 heteroatoms. The smallest absolute Gasteiger partial charge is 0.409 e. The molecular weight excluding hydrogens is 322 g/mol. The first kappa shape index (κ1) is 17.7. The van der Waals surface area contributed by atoms with Crippen molar-refractivity contribution in [1.29, 1.82) is 0 Å². The Bertz CT molecular complexity index is 589. The van der Waals surface area contributed by atoms with Crippen LogP contribution in [-0.4, -0.2) is 77.5 Å². The summed E-state index contributed by atoms with van der Waals surface area (Å²) in [6, 6.07) is 2.02. The molecule has 25 heavy (non-hydrogen) atoms. The SMILES string of the molecule is CCOC(=O)N1CCN(C(=O)Cn2nccc2C2CCCNC2)CC1. The van der Waals surface area contributed by atoms with Gasteiger partial charge in [-0.1, -0.05) is 0 Å². The molecule has 1 aromatic rings. The van der Waals surface area contributed by atoms with Gasteiger partial charge in [-0.2, -0.15) is 5.10 Å². The number of nitrogens with one attached hydrogen (secondary N) is 1. The monoisotopic (exact) mass is 349 g/mol. The molecule has 1 aromatic heterocycles. The van der Waals surface area contributed by atoms with E-state index in [0.29, 0.717) is 38.7 Å². The zero-order valence-electron chi connectivity index (χ0n) is 14.8. The lowest BCUT2D eigenvalue weighted by Crippen LogP contribution is -2.51. The van der Waals surface area contributed by atoms with E-state index in [1.165, 1.54) is 0 Å². The van der Waals surface area contributed by atoms with Crippen LogP contribution in [0.25, 0.3) is 0 Å². The number of ether oxygens (including phenoxy) is 1. The van der Waals surface area contributed by atoms with Gasteiger partial charge in [-0.15, -0.1) is 0 Å². The molecule has 0 aliphatic carbocycles. The Morgan fingerprint density at radius 2 is 2.04 bits per heavy atom. The molecule has 0 bridgehead atoms. The van der Waals surface area contributed by atoms with Gasteiger partial charge in [-0.3, -0.25) is 9.48 Å². The number of nitrogens with zero attached hydrogens (tertiary/aromatic N) is 4. The third kappa shape index (κ3) is 4.31. The minimum atomic E-state index is -0.297. The molecule has 0 aromatic carbocycles. The number of rotatable bonds is 4. The number of carbonyl (C=O) groups excluding carboxylic acids is 2. The van der Waals surface area contributed by atoms with E-state index in [4.69, 9.17) is 4.74 Å². The van der Waals surface area contributed by atoms with Gasteiger partial charge in [0.15, 0.2) is 0 Å². The Morgan fingerprint density at radius 1 is 1.28 bits per heavy atom. The van der Waals surface area contributed by atoms with E-state index in [9.17, 15) is 9.59 Å². The highest BCUT2D eigenvalue weighted by Gasteiger charge is 2.26. The summed E-state index contributed by atoms with van der Waals surface area (Å²) in [6.07, 6.45) is 3.76. The van der Waals surface area contributed by atoms with Gasteiger partial charge in [-0.05, 0) is 32.4 Å². The quantitative estimate of drug-likeness (QED) is 0.863. The van der Waals surface area contributed by atoms with Crippen LogP contribution in [0.2, 0.25) is 0 Å². The topological polar surface area (TPSA) is 79.7 Å². The molecule has 1 unspecified atom stereocenters. The van der Waals surface area contributed by atoms with Crippen LogP contribution in [0.5, 0.6) is 0 Å². The van der Waals surface area contributed by atoms with Gasteiger partial charge in [0, 0.05) is 50.5 Å². The van der Waals surface area contributed by atoms with Crippen LogP contribution < -0.4 is 5.32 Å². The Labute approximate surface area is 148 Å². The molecule has 2 aliphatic heterocycles. The summed E-state index contributed by atoms with van der Waals surface area (Å²) in [6.45, 7) is 6.55. The van der Waals surface area contributed by atoms with Crippen LogP contribution in [0, 0.1) is 0 Å². The molecule has 0 spiro atoms. The molecule has 2 saturated heterocycles. The van der Waals surface area contributed by atoms with E-state index in [0.717, 1.165) is 31.6 Å². The number of amides is 2. The number of carbonyl (C=O) groups is 2. The van der Waals surface area contributed by atoms with Gasteiger partial charge in [0.25, 0.3) is 0 Å². The Hall–Kier alpha value is -2.09. The summed E-state index contributed by atoms with van der Waals surface area (Å²) in [5.41, 5.74) is 1.13. The second kappa shape index (κ2) is 8.33. The molecule has 3 heterocycles. The van der Waals surface area contributed by atoms with E-state index >= 15 is 0 Å². The van der Waals surface area contributed by atoms with E-state index in [1.807, 2.05) is 10.7 Å². The number of piperazine rings is 1. The van der Waals surface area contributed by atoms with Crippen LogP contribution >= 0.6 is 0 Å². The maximum atomic E-state index is 12.6. The summed E-state index contributed by atoms with van der Waals surface area (Å²) >= 11 is 0. The minimum absolute atomic E-state index is 0.0530. The van der Waals surface area contributed by atoms with Crippen molar-refractivity contribution < 1.29 is 14.3 Å². The van der Waals surface area contributed by atoms with Crippen LogP contribution in [0.4, 0.5) is 4.79 Å². The summed E-state index contributed by atoms with van der Waals surface area (Å²) < 4.78 is 6.84. The van der Waals surface area contributed by atoms with Gasteiger partial charge in [0.2, 0.25) is 5.91 Å². The standard InChI is InChI=1S/C17H27N5O3/c1-2-25-17(24)21-10-8-20(9-11-21)16(23)13-22-15(5-7-19-22)14-4-3-6-18-12-14/h5,7,14,18H,2-4,6,8-13H2,1H3. The van der Waals surface area contributed by atoms with E-state index in [1.54, 1.807) is 22.9 Å². The van der Waals surface area contributed by atoms with E-state index in [2.05, 4.69) is 10.4 Å². The van der Waals surface area contributed by atoms with Gasteiger partial charge in [0.1, 0.15) is 6.54 Å². The largest absolute Gasteiger partial charge is 0.450 e. The number of aromatic nitrogens is 2. The number of hydrogen-bond donors (Lipinski definition) is 1. The number of piperidine rings is 1. The predicted molar refractivity (Wildman–Crippen MR) is 92.2 cm³/mol. The second-order valence-corrected chi connectivity index (χ2v) is 6.52. The lowest BCUT2D eigenvalue weighted by atomic mass is 9.96. The maximum Gasteiger partial charge on any atom is 0.409 e. The Kier molecular flexibility index (Phi) is 5.91.